The third-order valence-electron chi connectivity index (χ3n) is 4.53. The summed E-state index contributed by atoms with van der Waals surface area (Å²) in [6.07, 6.45) is 5.87. The molecule has 28 heavy (non-hydrogen) atoms. The van der Waals surface area contributed by atoms with Crippen LogP contribution in [0.2, 0.25) is 0 Å². The number of rotatable bonds is 6. The molecule has 2 amide bonds. The molecule has 2 N–H and O–H groups in total. The average Bonchev–Trinajstić information content (AvgIpc) is 2.74. The van der Waals surface area contributed by atoms with Crippen molar-refractivity contribution in [2.75, 3.05) is 6.54 Å². The smallest absolute Gasteiger partial charge is 0.251 e. The molecular formula is C20H21N5O3. The van der Waals surface area contributed by atoms with E-state index in [0.717, 1.165) is 25.7 Å². The summed E-state index contributed by atoms with van der Waals surface area (Å²) in [7, 11) is 0. The zero-order chi connectivity index (χ0) is 19.8. The minimum atomic E-state index is -0.273. The van der Waals surface area contributed by atoms with Crippen molar-refractivity contribution >= 4 is 11.8 Å². The van der Waals surface area contributed by atoms with Gasteiger partial charge in [0.15, 0.2) is 0 Å². The summed E-state index contributed by atoms with van der Waals surface area (Å²) < 4.78 is 5.79. The Morgan fingerprint density at radius 3 is 2.54 bits per heavy atom. The van der Waals surface area contributed by atoms with Gasteiger partial charge >= 0.3 is 0 Å². The molecule has 1 fully saturated rings. The summed E-state index contributed by atoms with van der Waals surface area (Å²) in [5.74, 6) is -0.236. The molecule has 0 unspecified atom stereocenters. The Labute approximate surface area is 163 Å². The first-order valence-electron chi connectivity index (χ1n) is 9.16. The number of nitrogens with one attached hydrogen (secondary N) is 2. The molecule has 1 aromatic heterocycles. The largest absolute Gasteiger partial charge is 0.472 e. The molecule has 0 spiro atoms. The van der Waals surface area contributed by atoms with E-state index >= 15 is 0 Å². The van der Waals surface area contributed by atoms with Crippen LogP contribution in [0.15, 0.2) is 42.7 Å². The number of carbonyl (C=O) groups is 2. The Morgan fingerprint density at radius 2 is 1.82 bits per heavy atom. The van der Waals surface area contributed by atoms with Gasteiger partial charge in [0.1, 0.15) is 12.2 Å². The van der Waals surface area contributed by atoms with Crippen molar-refractivity contribution < 1.29 is 14.3 Å². The number of aromatic nitrogens is 2. The summed E-state index contributed by atoms with van der Waals surface area (Å²) >= 11 is 0. The van der Waals surface area contributed by atoms with Crippen LogP contribution in [0, 0.1) is 11.3 Å². The number of amides is 2. The molecular weight excluding hydrogens is 358 g/mol. The van der Waals surface area contributed by atoms with Gasteiger partial charge < -0.3 is 15.4 Å². The van der Waals surface area contributed by atoms with Crippen molar-refractivity contribution in [1.82, 2.24) is 20.6 Å². The van der Waals surface area contributed by atoms with E-state index in [-0.39, 0.29) is 42.1 Å². The number of nitrogens with zero attached hydrogens (tertiary/aromatic N) is 3. The second-order valence-electron chi connectivity index (χ2n) is 6.53. The zero-order valence-corrected chi connectivity index (χ0v) is 15.3. The number of hydrogen-bond acceptors (Lipinski definition) is 6. The number of ether oxygens (including phenoxy) is 1. The van der Waals surface area contributed by atoms with Crippen molar-refractivity contribution in [1.29, 1.82) is 5.26 Å². The van der Waals surface area contributed by atoms with Gasteiger partial charge in [-0.05, 0) is 37.8 Å². The third-order valence-corrected chi connectivity index (χ3v) is 4.53. The van der Waals surface area contributed by atoms with E-state index in [2.05, 4.69) is 20.6 Å². The first-order valence-corrected chi connectivity index (χ1v) is 9.16. The zero-order valence-electron chi connectivity index (χ0n) is 15.3. The van der Waals surface area contributed by atoms with Crippen LogP contribution in [0.3, 0.4) is 0 Å². The predicted octanol–water partition coefficient (Wildman–Crippen LogP) is 1.58. The Hall–Kier alpha value is -3.47. The van der Waals surface area contributed by atoms with E-state index in [1.54, 1.807) is 24.3 Å². The van der Waals surface area contributed by atoms with Crippen LogP contribution < -0.4 is 15.4 Å². The standard InChI is InChI=1S/C20H21N5O3/c21-12-17-20(23-11-10-22-17)28-16-8-6-15(7-9-16)25-18(26)13-24-19(27)14-4-2-1-3-5-14/h1-5,10-11,15-16H,6-9,13H2,(H,24,27)(H,25,26). The average molecular weight is 379 g/mol. The molecule has 0 atom stereocenters. The monoisotopic (exact) mass is 379 g/mol. The van der Waals surface area contributed by atoms with Crippen molar-refractivity contribution in [2.24, 2.45) is 0 Å². The van der Waals surface area contributed by atoms with E-state index in [4.69, 9.17) is 10.00 Å². The van der Waals surface area contributed by atoms with Gasteiger partial charge in [-0.25, -0.2) is 9.97 Å². The van der Waals surface area contributed by atoms with Crippen molar-refractivity contribution in [3.05, 3.63) is 54.0 Å². The van der Waals surface area contributed by atoms with E-state index in [1.807, 2.05) is 12.1 Å². The first-order chi connectivity index (χ1) is 13.7. The highest BCUT2D eigenvalue weighted by Gasteiger charge is 2.25. The molecule has 1 heterocycles. The molecule has 2 aromatic rings. The topological polar surface area (TPSA) is 117 Å². The lowest BCUT2D eigenvalue weighted by Gasteiger charge is -2.29. The maximum Gasteiger partial charge on any atom is 0.251 e. The molecule has 0 bridgehead atoms. The highest BCUT2D eigenvalue weighted by Crippen LogP contribution is 2.23. The number of carbonyl (C=O) groups excluding carboxylic acids is 2. The molecule has 0 saturated heterocycles. The Bertz CT molecular complexity index is 858. The summed E-state index contributed by atoms with van der Waals surface area (Å²) in [5.41, 5.74) is 0.695. The van der Waals surface area contributed by atoms with Crippen LogP contribution in [0.25, 0.3) is 0 Å². The summed E-state index contributed by atoms with van der Waals surface area (Å²) in [6.45, 7) is -0.0602. The third kappa shape index (κ3) is 5.27. The van der Waals surface area contributed by atoms with Gasteiger partial charge in [0.05, 0.1) is 6.54 Å². The van der Waals surface area contributed by atoms with Crippen molar-refractivity contribution in [3.8, 4) is 11.9 Å². The van der Waals surface area contributed by atoms with Crippen LogP contribution in [-0.4, -0.2) is 40.5 Å². The molecule has 0 aliphatic heterocycles. The molecule has 8 nitrogen and oxygen atoms in total. The van der Waals surface area contributed by atoms with Crippen LogP contribution in [0.5, 0.6) is 5.88 Å². The molecule has 0 radical (unpaired) electrons. The lowest BCUT2D eigenvalue weighted by atomic mass is 9.93. The van der Waals surface area contributed by atoms with Crippen LogP contribution >= 0.6 is 0 Å². The number of benzene rings is 1. The van der Waals surface area contributed by atoms with Gasteiger partial charge in [0.25, 0.3) is 11.8 Å². The van der Waals surface area contributed by atoms with Crippen LogP contribution in [0.4, 0.5) is 0 Å². The van der Waals surface area contributed by atoms with Gasteiger partial charge in [-0.2, -0.15) is 5.26 Å². The van der Waals surface area contributed by atoms with Gasteiger partial charge in [0, 0.05) is 24.0 Å². The van der Waals surface area contributed by atoms with Crippen molar-refractivity contribution in [3.63, 3.8) is 0 Å². The fourth-order valence-electron chi connectivity index (χ4n) is 3.10. The fraction of sp³-hybridized carbons (Fsp3) is 0.350. The van der Waals surface area contributed by atoms with Crippen molar-refractivity contribution in [2.45, 2.75) is 37.8 Å². The highest BCUT2D eigenvalue weighted by molar-refractivity contribution is 5.96. The second-order valence-corrected chi connectivity index (χ2v) is 6.53. The SMILES string of the molecule is N#Cc1nccnc1OC1CCC(NC(=O)CNC(=O)c2ccccc2)CC1. The normalized spacial score (nSPS) is 18.5. The molecule has 8 heteroatoms. The molecule has 1 saturated carbocycles. The second kappa shape index (κ2) is 9.46. The summed E-state index contributed by atoms with van der Waals surface area (Å²) in [5, 5.41) is 14.6. The minimum Gasteiger partial charge on any atom is -0.472 e. The fourth-order valence-corrected chi connectivity index (χ4v) is 3.10. The van der Waals surface area contributed by atoms with E-state index in [9.17, 15) is 9.59 Å². The lowest BCUT2D eigenvalue weighted by molar-refractivity contribution is -0.121. The molecule has 1 aromatic carbocycles. The van der Waals surface area contributed by atoms with E-state index in [1.165, 1.54) is 12.4 Å². The number of nitriles is 1. The minimum absolute atomic E-state index is 0.0401. The van der Waals surface area contributed by atoms with Crippen LogP contribution in [0.1, 0.15) is 41.7 Å². The van der Waals surface area contributed by atoms with Gasteiger partial charge in [-0.15, -0.1) is 0 Å². The molecule has 1 aliphatic rings. The first kappa shape index (κ1) is 19.3. The van der Waals surface area contributed by atoms with E-state index in [0.29, 0.717) is 5.56 Å². The Kier molecular flexibility index (Phi) is 6.52. The quantitative estimate of drug-likeness (QED) is 0.787. The summed E-state index contributed by atoms with van der Waals surface area (Å²) in [6, 6.07) is 10.8. The maximum atomic E-state index is 12.1. The van der Waals surface area contributed by atoms with Gasteiger partial charge in [-0.3, -0.25) is 9.59 Å². The maximum absolute atomic E-state index is 12.1. The molecule has 3 rings (SSSR count). The lowest BCUT2D eigenvalue weighted by Crippen LogP contribution is -2.44. The molecule has 1 aliphatic carbocycles. The van der Waals surface area contributed by atoms with Gasteiger partial charge in [0.2, 0.25) is 11.6 Å². The predicted molar refractivity (Wildman–Crippen MR) is 100 cm³/mol. The Balaban J connectivity index is 1.40. The molecule has 144 valence electrons. The van der Waals surface area contributed by atoms with Crippen LogP contribution in [-0.2, 0) is 4.79 Å². The van der Waals surface area contributed by atoms with Gasteiger partial charge in [-0.1, -0.05) is 18.2 Å². The highest BCUT2D eigenvalue weighted by atomic mass is 16.5. The Morgan fingerprint density at radius 1 is 1.11 bits per heavy atom. The number of hydrogen-bond donors (Lipinski definition) is 2. The van der Waals surface area contributed by atoms with E-state index < -0.39 is 0 Å². The summed E-state index contributed by atoms with van der Waals surface area (Å²) in [4.78, 5) is 32.1.